The van der Waals surface area contributed by atoms with E-state index in [0.717, 1.165) is 5.69 Å². The lowest BCUT2D eigenvalue weighted by molar-refractivity contribution is -0.130. The van der Waals surface area contributed by atoms with Gasteiger partial charge in [0.15, 0.2) is 0 Å². The molecule has 17 heavy (non-hydrogen) atoms. The van der Waals surface area contributed by atoms with E-state index in [2.05, 4.69) is 0 Å². The zero-order chi connectivity index (χ0) is 12.3. The van der Waals surface area contributed by atoms with Crippen molar-refractivity contribution >= 4 is 17.6 Å². The molecule has 0 radical (unpaired) electrons. The van der Waals surface area contributed by atoms with Gasteiger partial charge in [-0.25, -0.2) is 4.79 Å². The summed E-state index contributed by atoms with van der Waals surface area (Å²) in [6.07, 6.45) is 3.56. The molecule has 1 aromatic heterocycles. The molecule has 0 aliphatic rings. The molecule has 3 heteroatoms. The molecule has 0 aliphatic heterocycles. The smallest absolute Gasteiger partial charge is 0.336 e. The first-order valence-electron chi connectivity index (χ1n) is 5.30. The van der Waals surface area contributed by atoms with Gasteiger partial charge in [0.05, 0.1) is 5.57 Å². The van der Waals surface area contributed by atoms with Gasteiger partial charge in [-0.2, -0.15) is 0 Å². The summed E-state index contributed by atoms with van der Waals surface area (Å²) in [6.45, 7) is 0. The van der Waals surface area contributed by atoms with Gasteiger partial charge in [-0.3, -0.25) is 0 Å². The van der Waals surface area contributed by atoms with Crippen molar-refractivity contribution in [1.29, 1.82) is 0 Å². The van der Waals surface area contributed by atoms with Crippen molar-refractivity contribution in [3.05, 3.63) is 59.9 Å². The van der Waals surface area contributed by atoms with Crippen LogP contribution in [-0.4, -0.2) is 15.6 Å². The zero-order valence-electron chi connectivity index (χ0n) is 9.50. The Kier molecular flexibility index (Phi) is 3.10. The van der Waals surface area contributed by atoms with Crippen LogP contribution in [0.25, 0.3) is 11.6 Å². The summed E-state index contributed by atoms with van der Waals surface area (Å²) < 4.78 is 1.88. The molecule has 3 nitrogen and oxygen atoms in total. The highest BCUT2D eigenvalue weighted by Crippen LogP contribution is 2.18. The number of benzene rings is 1. The highest BCUT2D eigenvalue weighted by molar-refractivity contribution is 6.20. The standard InChI is InChI=1S/C14H13NO2/c1-15-9-5-8-12(15)10-13(14(16)17)11-6-3-2-4-7-11/h2-10H,1H3,(H,16,17)/b13-10-. The van der Waals surface area contributed by atoms with Crippen LogP contribution in [0.3, 0.4) is 0 Å². The van der Waals surface area contributed by atoms with Gasteiger partial charge in [0.25, 0.3) is 0 Å². The Labute approximate surface area is 99.6 Å². The molecule has 0 saturated heterocycles. The second kappa shape index (κ2) is 4.70. The maximum atomic E-state index is 11.3. The number of hydrogen-bond acceptors (Lipinski definition) is 1. The van der Waals surface area contributed by atoms with Crippen LogP contribution >= 0.6 is 0 Å². The summed E-state index contributed by atoms with van der Waals surface area (Å²) in [5, 5.41) is 9.24. The SMILES string of the molecule is Cn1cccc1/C=C(\C(=O)O)c1ccccc1. The molecule has 0 aliphatic carbocycles. The number of carboxylic acids is 1. The lowest BCUT2D eigenvalue weighted by atomic mass is 10.1. The van der Waals surface area contributed by atoms with E-state index >= 15 is 0 Å². The predicted molar refractivity (Wildman–Crippen MR) is 67.4 cm³/mol. The molecule has 0 amide bonds. The fraction of sp³-hybridized carbons (Fsp3) is 0.0714. The monoisotopic (exact) mass is 227 g/mol. The van der Waals surface area contributed by atoms with Gasteiger partial charge in [-0.1, -0.05) is 30.3 Å². The lowest BCUT2D eigenvalue weighted by Crippen LogP contribution is -2.00. The molecule has 0 bridgehead atoms. The summed E-state index contributed by atoms with van der Waals surface area (Å²) in [6, 6.07) is 12.9. The van der Waals surface area contributed by atoms with E-state index in [1.807, 2.05) is 48.1 Å². The predicted octanol–water partition coefficient (Wildman–Crippen LogP) is 2.65. The number of aliphatic carboxylic acids is 1. The van der Waals surface area contributed by atoms with Crippen LogP contribution in [0.4, 0.5) is 0 Å². The normalized spacial score (nSPS) is 11.5. The highest BCUT2D eigenvalue weighted by Gasteiger charge is 2.10. The number of carboxylic acid groups (broad SMARTS) is 1. The maximum Gasteiger partial charge on any atom is 0.336 e. The molecular formula is C14H13NO2. The number of hydrogen-bond donors (Lipinski definition) is 1. The van der Waals surface area contributed by atoms with Gasteiger partial charge in [-0.05, 0) is 23.8 Å². The summed E-state index contributed by atoms with van der Waals surface area (Å²) >= 11 is 0. The van der Waals surface area contributed by atoms with Gasteiger partial charge >= 0.3 is 5.97 Å². The molecule has 1 heterocycles. The van der Waals surface area contributed by atoms with Gasteiger partial charge in [-0.15, -0.1) is 0 Å². The van der Waals surface area contributed by atoms with Gasteiger partial charge in [0, 0.05) is 18.9 Å². The quantitative estimate of drug-likeness (QED) is 0.819. The van der Waals surface area contributed by atoms with Crippen molar-refractivity contribution in [2.45, 2.75) is 0 Å². The third kappa shape index (κ3) is 2.45. The first-order chi connectivity index (χ1) is 8.18. The second-order valence-electron chi connectivity index (χ2n) is 3.77. The number of nitrogens with zero attached hydrogens (tertiary/aromatic N) is 1. The lowest BCUT2D eigenvalue weighted by Gasteiger charge is -2.03. The summed E-state index contributed by atoms with van der Waals surface area (Å²) in [5.41, 5.74) is 1.87. The van der Waals surface area contributed by atoms with Gasteiger partial charge in [0.1, 0.15) is 0 Å². The van der Waals surface area contributed by atoms with E-state index in [4.69, 9.17) is 0 Å². The minimum Gasteiger partial charge on any atom is -0.478 e. The Hall–Kier alpha value is -2.29. The molecule has 86 valence electrons. The zero-order valence-corrected chi connectivity index (χ0v) is 9.50. The molecular weight excluding hydrogens is 214 g/mol. The topological polar surface area (TPSA) is 42.2 Å². The molecule has 0 saturated carbocycles. The van der Waals surface area contributed by atoms with Crippen molar-refractivity contribution < 1.29 is 9.90 Å². The molecule has 2 aromatic rings. The minimum atomic E-state index is -0.919. The van der Waals surface area contributed by atoms with Gasteiger partial charge < -0.3 is 9.67 Å². The van der Waals surface area contributed by atoms with Crippen LogP contribution in [0.5, 0.6) is 0 Å². The Balaban J connectivity index is 2.47. The summed E-state index contributed by atoms with van der Waals surface area (Å²) in [7, 11) is 1.89. The van der Waals surface area contributed by atoms with Crippen LogP contribution in [-0.2, 0) is 11.8 Å². The Morgan fingerprint density at radius 1 is 1.18 bits per heavy atom. The third-order valence-corrected chi connectivity index (χ3v) is 2.59. The third-order valence-electron chi connectivity index (χ3n) is 2.59. The van der Waals surface area contributed by atoms with Crippen LogP contribution in [0, 0.1) is 0 Å². The van der Waals surface area contributed by atoms with Crippen molar-refractivity contribution in [2.24, 2.45) is 7.05 Å². The van der Waals surface area contributed by atoms with Gasteiger partial charge in [0.2, 0.25) is 0 Å². The molecule has 0 unspecified atom stereocenters. The van der Waals surface area contributed by atoms with Crippen molar-refractivity contribution in [3.8, 4) is 0 Å². The average molecular weight is 227 g/mol. The first kappa shape index (κ1) is 11.2. The van der Waals surface area contributed by atoms with E-state index in [0.29, 0.717) is 11.1 Å². The molecule has 0 atom stereocenters. The summed E-state index contributed by atoms with van der Waals surface area (Å²) in [5.74, 6) is -0.919. The molecule has 1 aromatic carbocycles. The van der Waals surface area contributed by atoms with Crippen LogP contribution in [0.15, 0.2) is 48.7 Å². The summed E-state index contributed by atoms with van der Waals surface area (Å²) in [4.78, 5) is 11.3. The van der Waals surface area contributed by atoms with E-state index in [-0.39, 0.29) is 0 Å². The number of aromatic nitrogens is 1. The van der Waals surface area contributed by atoms with E-state index in [9.17, 15) is 9.90 Å². The Morgan fingerprint density at radius 3 is 2.41 bits per heavy atom. The molecule has 1 N–H and O–H groups in total. The Morgan fingerprint density at radius 2 is 1.88 bits per heavy atom. The van der Waals surface area contributed by atoms with Crippen molar-refractivity contribution in [2.75, 3.05) is 0 Å². The van der Waals surface area contributed by atoms with E-state index < -0.39 is 5.97 Å². The van der Waals surface area contributed by atoms with E-state index in [1.54, 1.807) is 18.2 Å². The van der Waals surface area contributed by atoms with Crippen molar-refractivity contribution in [1.82, 2.24) is 4.57 Å². The second-order valence-corrected chi connectivity index (χ2v) is 3.77. The molecule has 0 fully saturated rings. The molecule has 2 rings (SSSR count). The number of aryl methyl sites for hydroxylation is 1. The fourth-order valence-corrected chi connectivity index (χ4v) is 1.66. The van der Waals surface area contributed by atoms with Crippen molar-refractivity contribution in [3.63, 3.8) is 0 Å². The first-order valence-corrected chi connectivity index (χ1v) is 5.30. The fourth-order valence-electron chi connectivity index (χ4n) is 1.66. The largest absolute Gasteiger partial charge is 0.478 e. The number of carbonyl (C=O) groups is 1. The maximum absolute atomic E-state index is 11.3. The van der Waals surface area contributed by atoms with Crippen LogP contribution < -0.4 is 0 Å². The highest BCUT2D eigenvalue weighted by atomic mass is 16.4. The minimum absolute atomic E-state index is 0.299. The molecule has 0 spiro atoms. The van der Waals surface area contributed by atoms with Crippen LogP contribution in [0.2, 0.25) is 0 Å². The number of rotatable bonds is 3. The van der Waals surface area contributed by atoms with E-state index in [1.165, 1.54) is 0 Å². The average Bonchev–Trinajstić information content (AvgIpc) is 2.72. The van der Waals surface area contributed by atoms with Crippen LogP contribution in [0.1, 0.15) is 11.3 Å². The Bertz CT molecular complexity index is 553.